The summed E-state index contributed by atoms with van der Waals surface area (Å²) >= 11 is 0. The molecular weight excluding hydrogens is 268 g/mol. The third-order valence-electron chi connectivity index (χ3n) is 2.62. The maximum absolute atomic E-state index is 10.8. The zero-order valence-electron chi connectivity index (χ0n) is 13.7. The van der Waals surface area contributed by atoms with E-state index < -0.39 is 6.09 Å². The number of ether oxygens (including phenoxy) is 2. The van der Waals surface area contributed by atoms with Crippen molar-refractivity contribution in [3.8, 4) is 5.75 Å². The lowest BCUT2D eigenvalue weighted by molar-refractivity contribution is 0.171. The van der Waals surface area contributed by atoms with E-state index in [4.69, 9.17) is 4.74 Å². The number of rotatable bonds is 6. The third-order valence-corrected chi connectivity index (χ3v) is 2.62. The molecule has 5 nitrogen and oxygen atoms in total. The van der Waals surface area contributed by atoms with Gasteiger partial charge in [0.1, 0.15) is 5.75 Å². The van der Waals surface area contributed by atoms with E-state index in [9.17, 15) is 4.79 Å². The average Bonchev–Trinajstić information content (AvgIpc) is 2.51. The minimum atomic E-state index is -0.411. The molecule has 0 aromatic heterocycles. The second-order valence-corrected chi connectivity index (χ2v) is 4.58. The van der Waals surface area contributed by atoms with E-state index >= 15 is 0 Å². The molecule has 5 heteroatoms. The molecule has 0 saturated carbocycles. The predicted molar refractivity (Wildman–Crippen MR) is 85.8 cm³/mol. The molecule has 0 saturated heterocycles. The number of alkyl carbamates (subject to hydrolysis) is 1. The van der Waals surface area contributed by atoms with E-state index in [2.05, 4.69) is 36.1 Å². The molecule has 21 heavy (non-hydrogen) atoms. The standard InChI is InChI=1S/C13H20N2O3.C3H8/c1-10(14-7-8-15-13(16)18-3)11-5-4-6-12(9-11)17-2;1-3-2/h4-6,9-10,14H,7-8H2,1-3H3,(H,15,16);3H2,1-2H3. The Labute approximate surface area is 128 Å². The van der Waals surface area contributed by atoms with Crippen LogP contribution < -0.4 is 15.4 Å². The fraction of sp³-hybridized carbons (Fsp3) is 0.562. The Morgan fingerprint density at radius 2 is 1.90 bits per heavy atom. The zero-order chi connectivity index (χ0) is 16.1. The van der Waals surface area contributed by atoms with Crippen molar-refractivity contribution < 1.29 is 14.3 Å². The maximum Gasteiger partial charge on any atom is 0.406 e. The third kappa shape index (κ3) is 8.92. The molecule has 2 N–H and O–H groups in total. The second kappa shape index (κ2) is 12.0. The minimum Gasteiger partial charge on any atom is -0.497 e. The Kier molecular flexibility index (Phi) is 11.0. The van der Waals surface area contributed by atoms with Crippen molar-refractivity contribution >= 4 is 6.09 Å². The van der Waals surface area contributed by atoms with Crippen LogP contribution in [0, 0.1) is 0 Å². The van der Waals surface area contributed by atoms with Crippen molar-refractivity contribution in [2.45, 2.75) is 33.2 Å². The first-order chi connectivity index (χ1) is 10.1. The summed E-state index contributed by atoms with van der Waals surface area (Å²) in [6, 6.07) is 8.09. The van der Waals surface area contributed by atoms with E-state index in [0.717, 1.165) is 11.3 Å². The Hall–Kier alpha value is -1.75. The van der Waals surface area contributed by atoms with Gasteiger partial charge in [-0.2, -0.15) is 0 Å². The van der Waals surface area contributed by atoms with Gasteiger partial charge in [-0.25, -0.2) is 4.79 Å². The van der Waals surface area contributed by atoms with Crippen molar-refractivity contribution in [2.75, 3.05) is 27.3 Å². The summed E-state index contributed by atoms with van der Waals surface area (Å²) in [5.41, 5.74) is 1.15. The molecule has 0 radical (unpaired) electrons. The van der Waals surface area contributed by atoms with Gasteiger partial charge in [-0.15, -0.1) is 0 Å². The zero-order valence-corrected chi connectivity index (χ0v) is 13.7. The first kappa shape index (κ1) is 19.2. The fourth-order valence-electron chi connectivity index (χ4n) is 1.55. The van der Waals surface area contributed by atoms with Crippen molar-refractivity contribution in [3.63, 3.8) is 0 Å². The first-order valence-electron chi connectivity index (χ1n) is 7.28. The van der Waals surface area contributed by atoms with E-state index in [-0.39, 0.29) is 6.04 Å². The molecular formula is C16H28N2O3. The number of carbonyl (C=O) groups is 1. The second-order valence-electron chi connectivity index (χ2n) is 4.58. The summed E-state index contributed by atoms with van der Waals surface area (Å²) in [6.45, 7) is 7.52. The summed E-state index contributed by atoms with van der Waals surface area (Å²) in [4.78, 5) is 10.8. The number of amides is 1. The van der Waals surface area contributed by atoms with Crippen molar-refractivity contribution in [1.82, 2.24) is 10.6 Å². The summed E-state index contributed by atoms with van der Waals surface area (Å²) in [5.74, 6) is 0.842. The molecule has 1 aromatic rings. The number of hydrogen-bond acceptors (Lipinski definition) is 4. The topological polar surface area (TPSA) is 59.6 Å². The van der Waals surface area contributed by atoms with Gasteiger partial charge in [0.25, 0.3) is 0 Å². The molecule has 0 aliphatic rings. The van der Waals surface area contributed by atoms with Gasteiger partial charge < -0.3 is 20.1 Å². The number of carbonyl (C=O) groups excluding carboxylic acids is 1. The summed E-state index contributed by atoms with van der Waals surface area (Å²) < 4.78 is 9.65. The van der Waals surface area contributed by atoms with Gasteiger partial charge >= 0.3 is 6.09 Å². The Balaban J connectivity index is 0.00000122. The molecule has 0 heterocycles. The number of methoxy groups -OCH3 is 2. The molecule has 0 aliphatic carbocycles. The molecule has 1 atom stereocenters. The highest BCUT2D eigenvalue weighted by atomic mass is 16.5. The molecule has 1 aromatic carbocycles. The quantitative estimate of drug-likeness (QED) is 0.792. The van der Waals surface area contributed by atoms with Crippen molar-refractivity contribution in [1.29, 1.82) is 0 Å². The molecule has 0 spiro atoms. The van der Waals surface area contributed by atoms with Crippen LogP contribution in [0.4, 0.5) is 4.79 Å². The SMILES string of the molecule is CCC.COC(=O)NCCNC(C)c1cccc(OC)c1. The van der Waals surface area contributed by atoms with E-state index in [0.29, 0.717) is 13.1 Å². The number of nitrogens with one attached hydrogen (secondary N) is 2. The van der Waals surface area contributed by atoms with E-state index in [1.165, 1.54) is 13.5 Å². The van der Waals surface area contributed by atoms with Gasteiger partial charge in [0.15, 0.2) is 0 Å². The van der Waals surface area contributed by atoms with Gasteiger partial charge in [0.2, 0.25) is 0 Å². The Morgan fingerprint density at radius 3 is 2.48 bits per heavy atom. The van der Waals surface area contributed by atoms with Gasteiger partial charge in [0, 0.05) is 19.1 Å². The minimum absolute atomic E-state index is 0.194. The Morgan fingerprint density at radius 1 is 1.24 bits per heavy atom. The van der Waals surface area contributed by atoms with Crippen LogP contribution in [-0.2, 0) is 4.74 Å². The fourth-order valence-corrected chi connectivity index (χ4v) is 1.55. The highest BCUT2D eigenvalue weighted by molar-refractivity contribution is 5.66. The number of hydrogen-bond donors (Lipinski definition) is 2. The van der Waals surface area contributed by atoms with Gasteiger partial charge in [-0.1, -0.05) is 32.4 Å². The van der Waals surface area contributed by atoms with Crippen LogP contribution in [0.15, 0.2) is 24.3 Å². The van der Waals surface area contributed by atoms with Gasteiger partial charge in [-0.3, -0.25) is 0 Å². The molecule has 120 valence electrons. The van der Waals surface area contributed by atoms with Crippen LogP contribution >= 0.6 is 0 Å². The molecule has 0 bridgehead atoms. The van der Waals surface area contributed by atoms with Crippen LogP contribution in [0.1, 0.15) is 38.8 Å². The van der Waals surface area contributed by atoms with Crippen LogP contribution in [0.5, 0.6) is 5.75 Å². The largest absolute Gasteiger partial charge is 0.497 e. The molecule has 1 rings (SSSR count). The van der Waals surface area contributed by atoms with Crippen LogP contribution in [0.2, 0.25) is 0 Å². The van der Waals surface area contributed by atoms with Crippen molar-refractivity contribution in [2.24, 2.45) is 0 Å². The molecule has 1 unspecified atom stereocenters. The Bertz CT molecular complexity index is 397. The lowest BCUT2D eigenvalue weighted by atomic mass is 10.1. The van der Waals surface area contributed by atoms with Crippen molar-refractivity contribution in [3.05, 3.63) is 29.8 Å². The average molecular weight is 296 g/mol. The molecule has 0 fully saturated rings. The van der Waals surface area contributed by atoms with Crippen LogP contribution in [-0.4, -0.2) is 33.4 Å². The summed E-state index contributed by atoms with van der Waals surface area (Å²) in [6.07, 6.45) is 0.839. The normalized spacial score (nSPS) is 10.9. The van der Waals surface area contributed by atoms with Gasteiger partial charge in [0.05, 0.1) is 14.2 Å². The van der Waals surface area contributed by atoms with Gasteiger partial charge in [-0.05, 0) is 24.6 Å². The number of benzene rings is 1. The highest BCUT2D eigenvalue weighted by Gasteiger charge is 2.05. The van der Waals surface area contributed by atoms with Crippen LogP contribution in [0.25, 0.3) is 0 Å². The van der Waals surface area contributed by atoms with E-state index in [1.54, 1.807) is 7.11 Å². The first-order valence-corrected chi connectivity index (χ1v) is 7.28. The highest BCUT2D eigenvalue weighted by Crippen LogP contribution is 2.18. The summed E-state index contributed by atoms with van der Waals surface area (Å²) in [5, 5.41) is 5.92. The predicted octanol–water partition coefficient (Wildman–Crippen LogP) is 3.12. The molecule has 0 aliphatic heterocycles. The lowest BCUT2D eigenvalue weighted by Gasteiger charge is -2.15. The molecule has 1 amide bonds. The maximum atomic E-state index is 10.8. The monoisotopic (exact) mass is 296 g/mol. The van der Waals surface area contributed by atoms with E-state index in [1.807, 2.05) is 24.3 Å². The summed E-state index contributed by atoms with van der Waals surface area (Å²) in [7, 11) is 3.00. The lowest BCUT2D eigenvalue weighted by Crippen LogP contribution is -2.32. The van der Waals surface area contributed by atoms with Crippen LogP contribution in [0.3, 0.4) is 0 Å². The smallest absolute Gasteiger partial charge is 0.406 e.